The maximum absolute atomic E-state index is 12.9. The van der Waals surface area contributed by atoms with E-state index < -0.39 is 6.04 Å². The quantitative estimate of drug-likeness (QED) is 0.685. The number of amides is 2. The van der Waals surface area contributed by atoms with Gasteiger partial charge in [-0.25, -0.2) is 14.6 Å². The van der Waals surface area contributed by atoms with E-state index in [0.29, 0.717) is 40.1 Å². The van der Waals surface area contributed by atoms with Gasteiger partial charge in [-0.2, -0.15) is 5.10 Å². The first-order valence-corrected chi connectivity index (χ1v) is 9.66. The molecule has 1 atom stereocenters. The van der Waals surface area contributed by atoms with Crippen LogP contribution in [0.15, 0.2) is 49.2 Å². The van der Waals surface area contributed by atoms with Gasteiger partial charge < -0.3 is 10.2 Å². The molecule has 1 N–H and O–H groups in total. The lowest BCUT2D eigenvalue weighted by Crippen LogP contribution is -2.43. The highest BCUT2D eigenvalue weighted by molar-refractivity contribution is 6.35. The maximum atomic E-state index is 12.9. The third-order valence-corrected chi connectivity index (χ3v) is 5.03. The number of rotatable bonds is 4. The van der Waals surface area contributed by atoms with Crippen molar-refractivity contribution in [2.45, 2.75) is 18.9 Å². The Balaban J connectivity index is 1.48. The summed E-state index contributed by atoms with van der Waals surface area (Å²) in [4.78, 5) is 35.4. The number of likely N-dealkylation sites (tertiary alicyclic amines) is 1. The van der Waals surface area contributed by atoms with Crippen LogP contribution in [0.25, 0.3) is 5.82 Å². The molecular formula is C19H16Cl2N6O2. The number of pyridine rings is 1. The highest BCUT2D eigenvalue weighted by atomic mass is 35.5. The molecule has 3 aromatic rings. The van der Waals surface area contributed by atoms with Crippen molar-refractivity contribution in [2.24, 2.45) is 0 Å². The Bertz CT molecular complexity index is 1020. The summed E-state index contributed by atoms with van der Waals surface area (Å²) < 4.78 is 1.50. The summed E-state index contributed by atoms with van der Waals surface area (Å²) >= 11 is 12.0. The minimum absolute atomic E-state index is 0.246. The minimum atomic E-state index is -0.574. The molecule has 0 radical (unpaired) electrons. The van der Waals surface area contributed by atoms with Gasteiger partial charge >= 0.3 is 0 Å². The van der Waals surface area contributed by atoms with Crippen LogP contribution in [-0.4, -0.2) is 49.0 Å². The Hall–Kier alpha value is -2.97. The van der Waals surface area contributed by atoms with Gasteiger partial charge in [0.05, 0.1) is 5.56 Å². The molecule has 1 saturated heterocycles. The van der Waals surface area contributed by atoms with Gasteiger partial charge in [-0.15, -0.1) is 0 Å². The van der Waals surface area contributed by atoms with Crippen LogP contribution < -0.4 is 5.32 Å². The monoisotopic (exact) mass is 430 g/mol. The van der Waals surface area contributed by atoms with Crippen LogP contribution in [0.5, 0.6) is 0 Å². The molecular weight excluding hydrogens is 415 g/mol. The third-order valence-electron chi connectivity index (χ3n) is 4.59. The fourth-order valence-corrected chi connectivity index (χ4v) is 3.80. The average molecular weight is 431 g/mol. The number of hydrogen-bond acceptors (Lipinski definition) is 5. The number of nitrogens with one attached hydrogen (secondary N) is 1. The highest BCUT2D eigenvalue weighted by Gasteiger charge is 2.34. The molecule has 1 aromatic carbocycles. The lowest BCUT2D eigenvalue weighted by molar-refractivity contribution is -0.119. The smallest absolute Gasteiger partial charge is 0.256 e. The SMILES string of the molecule is O=C(Nc1cc(Cl)cc(Cl)c1)C1CCCN1C(=O)c1ccc(-n2cncn2)nc1. The molecule has 1 unspecified atom stereocenters. The topological polar surface area (TPSA) is 93.0 Å². The van der Waals surface area contributed by atoms with Crippen LogP contribution in [0, 0.1) is 0 Å². The van der Waals surface area contributed by atoms with Gasteiger partial charge in [-0.1, -0.05) is 23.2 Å². The summed E-state index contributed by atoms with van der Waals surface area (Å²) in [6.45, 7) is 0.498. The van der Waals surface area contributed by atoms with Gasteiger partial charge in [0.25, 0.3) is 5.91 Å². The second-order valence-corrected chi connectivity index (χ2v) is 7.42. The largest absolute Gasteiger partial charge is 0.327 e. The van der Waals surface area contributed by atoms with Gasteiger partial charge in [-0.05, 0) is 43.2 Å². The molecule has 2 aromatic heterocycles. The fraction of sp³-hybridized carbons (Fsp3) is 0.211. The van der Waals surface area contributed by atoms with E-state index in [0.717, 1.165) is 6.42 Å². The van der Waals surface area contributed by atoms with Gasteiger partial charge in [-0.3, -0.25) is 9.59 Å². The summed E-state index contributed by atoms with van der Waals surface area (Å²) in [6, 6.07) is 7.57. The molecule has 29 heavy (non-hydrogen) atoms. The zero-order valence-electron chi connectivity index (χ0n) is 15.1. The normalized spacial score (nSPS) is 16.1. The predicted octanol–water partition coefficient (Wildman–Crippen LogP) is 3.21. The number of hydrogen-bond donors (Lipinski definition) is 1. The van der Waals surface area contributed by atoms with Crippen molar-refractivity contribution in [2.75, 3.05) is 11.9 Å². The lowest BCUT2D eigenvalue weighted by Gasteiger charge is -2.24. The van der Waals surface area contributed by atoms with Gasteiger partial charge in [0, 0.05) is 28.5 Å². The van der Waals surface area contributed by atoms with E-state index >= 15 is 0 Å². The molecule has 2 amide bonds. The van der Waals surface area contributed by atoms with E-state index in [-0.39, 0.29) is 11.8 Å². The van der Waals surface area contributed by atoms with Crippen LogP contribution in [0.3, 0.4) is 0 Å². The molecule has 10 heteroatoms. The lowest BCUT2D eigenvalue weighted by atomic mass is 10.1. The molecule has 1 aliphatic rings. The van der Waals surface area contributed by atoms with Gasteiger partial charge in [0.1, 0.15) is 18.7 Å². The maximum Gasteiger partial charge on any atom is 0.256 e. The number of halogens is 2. The Labute approximate surface area is 176 Å². The van der Waals surface area contributed by atoms with Crippen LogP contribution in [0.1, 0.15) is 23.2 Å². The molecule has 148 valence electrons. The van der Waals surface area contributed by atoms with Crippen molar-refractivity contribution in [3.8, 4) is 5.82 Å². The van der Waals surface area contributed by atoms with E-state index in [2.05, 4.69) is 20.4 Å². The Morgan fingerprint density at radius 1 is 1.14 bits per heavy atom. The van der Waals surface area contributed by atoms with Crippen molar-refractivity contribution in [3.05, 3.63) is 64.8 Å². The van der Waals surface area contributed by atoms with Crippen molar-refractivity contribution < 1.29 is 9.59 Å². The van der Waals surface area contributed by atoms with Crippen LogP contribution in [0.4, 0.5) is 5.69 Å². The molecule has 0 saturated carbocycles. The van der Waals surface area contributed by atoms with E-state index in [4.69, 9.17) is 23.2 Å². The number of carbonyl (C=O) groups excluding carboxylic acids is 2. The first-order chi connectivity index (χ1) is 14.0. The Morgan fingerprint density at radius 3 is 2.59 bits per heavy atom. The first-order valence-electron chi connectivity index (χ1n) is 8.90. The average Bonchev–Trinajstić information content (AvgIpc) is 3.39. The molecule has 1 fully saturated rings. The van der Waals surface area contributed by atoms with Crippen molar-refractivity contribution >= 4 is 40.7 Å². The number of anilines is 1. The molecule has 0 aliphatic carbocycles. The minimum Gasteiger partial charge on any atom is -0.327 e. The van der Waals surface area contributed by atoms with Gasteiger partial charge in [0.15, 0.2) is 5.82 Å². The molecule has 4 rings (SSSR count). The molecule has 3 heterocycles. The summed E-state index contributed by atoms with van der Waals surface area (Å²) in [6.07, 6.45) is 5.72. The summed E-state index contributed by atoms with van der Waals surface area (Å²) in [5.74, 6) is 0.0263. The highest BCUT2D eigenvalue weighted by Crippen LogP contribution is 2.25. The number of carbonyl (C=O) groups is 2. The molecule has 1 aliphatic heterocycles. The van der Waals surface area contributed by atoms with E-state index in [9.17, 15) is 9.59 Å². The molecule has 0 bridgehead atoms. The Morgan fingerprint density at radius 2 is 1.93 bits per heavy atom. The van der Waals surface area contributed by atoms with Crippen molar-refractivity contribution in [1.29, 1.82) is 0 Å². The number of nitrogens with zero attached hydrogens (tertiary/aromatic N) is 5. The van der Waals surface area contributed by atoms with Crippen molar-refractivity contribution in [1.82, 2.24) is 24.6 Å². The third kappa shape index (κ3) is 4.23. The van der Waals surface area contributed by atoms with Crippen LogP contribution >= 0.6 is 23.2 Å². The standard InChI is InChI=1S/C19H16Cl2N6O2/c20-13-6-14(21)8-15(7-13)25-18(28)16-2-1-5-26(16)19(29)12-3-4-17(23-9-12)27-11-22-10-24-27/h3-4,6-11,16H,1-2,5H2,(H,25,28). The zero-order chi connectivity index (χ0) is 20.4. The first kappa shape index (κ1) is 19.4. The summed E-state index contributed by atoms with van der Waals surface area (Å²) in [5, 5.41) is 7.64. The Kier molecular flexibility index (Phi) is 5.46. The van der Waals surface area contributed by atoms with Crippen LogP contribution in [0.2, 0.25) is 10.0 Å². The fourth-order valence-electron chi connectivity index (χ4n) is 3.27. The van der Waals surface area contributed by atoms with Gasteiger partial charge in [0.2, 0.25) is 5.91 Å². The predicted molar refractivity (Wildman–Crippen MR) is 108 cm³/mol. The van der Waals surface area contributed by atoms with Crippen LogP contribution in [-0.2, 0) is 4.79 Å². The molecule has 8 nitrogen and oxygen atoms in total. The van der Waals surface area contributed by atoms with Crippen molar-refractivity contribution in [3.63, 3.8) is 0 Å². The summed E-state index contributed by atoms with van der Waals surface area (Å²) in [7, 11) is 0. The second-order valence-electron chi connectivity index (χ2n) is 6.55. The zero-order valence-corrected chi connectivity index (χ0v) is 16.6. The van der Waals surface area contributed by atoms with E-state index in [1.165, 1.54) is 23.5 Å². The number of benzene rings is 1. The second kappa shape index (κ2) is 8.18. The number of aromatic nitrogens is 4. The van der Waals surface area contributed by atoms with E-state index in [1.807, 2.05) is 0 Å². The summed E-state index contributed by atoms with van der Waals surface area (Å²) in [5.41, 5.74) is 0.894. The van der Waals surface area contributed by atoms with E-state index in [1.54, 1.807) is 35.2 Å². The molecule has 0 spiro atoms.